The molecule has 1 heterocycles. The fourth-order valence-corrected chi connectivity index (χ4v) is 1.27. The van der Waals surface area contributed by atoms with Crippen LogP contribution >= 0.6 is 11.3 Å². The van der Waals surface area contributed by atoms with Crippen molar-refractivity contribution in [3.8, 4) is 11.8 Å². The van der Waals surface area contributed by atoms with Crippen LogP contribution in [-0.2, 0) is 9.53 Å². The lowest BCUT2D eigenvalue weighted by Gasteiger charge is -1.97. The zero-order valence-corrected chi connectivity index (χ0v) is 8.69. The van der Waals surface area contributed by atoms with E-state index in [-0.39, 0.29) is 6.61 Å². The Bertz CT molecular complexity index is 379. The Morgan fingerprint density at radius 3 is 3.07 bits per heavy atom. The molecule has 0 fully saturated rings. The lowest BCUT2D eigenvalue weighted by atomic mass is 10.3. The summed E-state index contributed by atoms with van der Waals surface area (Å²) in [6, 6.07) is 1.85. The molecule has 0 N–H and O–H groups in total. The van der Waals surface area contributed by atoms with Crippen molar-refractivity contribution in [3.05, 3.63) is 34.5 Å². The second kappa shape index (κ2) is 5.25. The number of hydrogen-bond acceptors (Lipinski definition) is 3. The van der Waals surface area contributed by atoms with Crippen LogP contribution in [0.15, 0.2) is 29.0 Å². The van der Waals surface area contributed by atoms with Gasteiger partial charge < -0.3 is 4.74 Å². The monoisotopic (exact) mass is 206 g/mol. The van der Waals surface area contributed by atoms with Gasteiger partial charge in [-0.1, -0.05) is 12.5 Å². The summed E-state index contributed by atoms with van der Waals surface area (Å²) in [5, 5.41) is 3.78. The highest BCUT2D eigenvalue weighted by Gasteiger charge is 1.95. The average Bonchev–Trinajstić information content (AvgIpc) is 2.63. The zero-order valence-electron chi connectivity index (χ0n) is 7.87. The summed E-state index contributed by atoms with van der Waals surface area (Å²) in [6.45, 7) is 5.64. The molecule has 0 atom stereocenters. The molecule has 0 amide bonds. The lowest BCUT2D eigenvalue weighted by Crippen LogP contribution is -2.02. The standard InChI is InChI=1S/C11H10O2S/c1-9(2)7-13-11(12)4-3-10-5-6-14-8-10/h5-6,8H,1,7H2,2H3. The molecule has 2 nitrogen and oxygen atoms in total. The molecular formula is C11H10O2S. The van der Waals surface area contributed by atoms with Crippen LogP contribution in [-0.4, -0.2) is 12.6 Å². The third kappa shape index (κ3) is 3.92. The van der Waals surface area contributed by atoms with Crippen molar-refractivity contribution in [2.45, 2.75) is 6.92 Å². The van der Waals surface area contributed by atoms with E-state index < -0.39 is 5.97 Å². The Hall–Kier alpha value is -1.53. The maximum Gasteiger partial charge on any atom is 0.385 e. The molecule has 0 aliphatic carbocycles. The molecule has 0 radical (unpaired) electrons. The molecule has 14 heavy (non-hydrogen) atoms. The van der Waals surface area contributed by atoms with Gasteiger partial charge in [0.15, 0.2) is 0 Å². The summed E-state index contributed by atoms with van der Waals surface area (Å²) < 4.78 is 4.79. The molecule has 0 spiro atoms. The molecule has 72 valence electrons. The summed E-state index contributed by atoms with van der Waals surface area (Å²) in [4.78, 5) is 11.0. The molecule has 1 rings (SSSR count). The van der Waals surface area contributed by atoms with Gasteiger partial charge >= 0.3 is 5.97 Å². The van der Waals surface area contributed by atoms with Crippen LogP contribution in [0, 0.1) is 11.8 Å². The van der Waals surface area contributed by atoms with Gasteiger partial charge in [-0.25, -0.2) is 4.79 Å². The molecular weight excluding hydrogens is 196 g/mol. The highest BCUT2D eigenvalue weighted by molar-refractivity contribution is 7.08. The van der Waals surface area contributed by atoms with Crippen molar-refractivity contribution in [3.63, 3.8) is 0 Å². The number of carbonyl (C=O) groups excluding carboxylic acids is 1. The first-order valence-electron chi connectivity index (χ1n) is 4.04. The number of esters is 1. The first-order chi connectivity index (χ1) is 6.68. The smallest absolute Gasteiger partial charge is 0.385 e. The van der Waals surface area contributed by atoms with Gasteiger partial charge in [0.2, 0.25) is 0 Å². The van der Waals surface area contributed by atoms with Crippen LogP contribution in [0.25, 0.3) is 0 Å². The zero-order chi connectivity index (χ0) is 10.4. The normalized spacial score (nSPS) is 8.64. The van der Waals surface area contributed by atoms with Crippen LogP contribution in [0.4, 0.5) is 0 Å². The van der Waals surface area contributed by atoms with Gasteiger partial charge in [0.25, 0.3) is 0 Å². The molecule has 0 unspecified atom stereocenters. The van der Waals surface area contributed by atoms with Crippen LogP contribution < -0.4 is 0 Å². The van der Waals surface area contributed by atoms with Crippen molar-refractivity contribution < 1.29 is 9.53 Å². The molecule has 1 aromatic rings. The van der Waals surface area contributed by atoms with E-state index in [2.05, 4.69) is 18.4 Å². The molecule has 0 aliphatic heterocycles. The van der Waals surface area contributed by atoms with Crippen LogP contribution in [0.2, 0.25) is 0 Å². The van der Waals surface area contributed by atoms with E-state index in [1.165, 1.54) is 0 Å². The third-order valence-corrected chi connectivity index (χ3v) is 1.96. The molecule has 1 aromatic heterocycles. The topological polar surface area (TPSA) is 26.3 Å². The number of ether oxygens (including phenoxy) is 1. The van der Waals surface area contributed by atoms with Crippen molar-refractivity contribution in [2.24, 2.45) is 0 Å². The maximum absolute atomic E-state index is 11.0. The molecule has 0 bridgehead atoms. The number of hydrogen-bond donors (Lipinski definition) is 0. The third-order valence-electron chi connectivity index (χ3n) is 1.28. The second-order valence-electron chi connectivity index (χ2n) is 2.80. The highest BCUT2D eigenvalue weighted by Crippen LogP contribution is 2.03. The Morgan fingerprint density at radius 2 is 2.50 bits per heavy atom. The van der Waals surface area contributed by atoms with Crippen LogP contribution in [0.5, 0.6) is 0 Å². The van der Waals surface area contributed by atoms with Crippen molar-refractivity contribution in [1.82, 2.24) is 0 Å². The second-order valence-corrected chi connectivity index (χ2v) is 3.58. The maximum atomic E-state index is 11.0. The van der Waals surface area contributed by atoms with Gasteiger partial charge in [-0.3, -0.25) is 0 Å². The SMILES string of the molecule is C=C(C)COC(=O)C#Cc1ccsc1. The minimum absolute atomic E-state index is 0.233. The Balaban J connectivity index is 2.44. The minimum Gasteiger partial charge on any atom is -0.452 e. The van der Waals surface area contributed by atoms with Gasteiger partial charge in [0.05, 0.1) is 0 Å². The van der Waals surface area contributed by atoms with E-state index in [4.69, 9.17) is 4.74 Å². The highest BCUT2D eigenvalue weighted by atomic mass is 32.1. The molecule has 0 saturated carbocycles. The molecule has 0 aliphatic rings. The van der Waals surface area contributed by atoms with E-state index in [9.17, 15) is 4.79 Å². The van der Waals surface area contributed by atoms with Gasteiger partial charge in [0, 0.05) is 16.9 Å². The van der Waals surface area contributed by atoms with E-state index in [0.717, 1.165) is 11.1 Å². The first-order valence-corrected chi connectivity index (χ1v) is 4.98. The summed E-state index contributed by atoms with van der Waals surface area (Å²) in [5.74, 6) is 4.58. The predicted molar refractivity (Wildman–Crippen MR) is 57.0 cm³/mol. The molecule has 0 aromatic carbocycles. The largest absolute Gasteiger partial charge is 0.452 e. The number of rotatable bonds is 2. The summed E-state index contributed by atoms with van der Waals surface area (Å²) in [7, 11) is 0. The average molecular weight is 206 g/mol. The van der Waals surface area contributed by atoms with Crippen LogP contribution in [0.3, 0.4) is 0 Å². The Labute approximate surface area is 87.2 Å². The Kier molecular flexibility index (Phi) is 3.96. The van der Waals surface area contributed by atoms with Crippen molar-refractivity contribution >= 4 is 17.3 Å². The lowest BCUT2D eigenvalue weighted by molar-refractivity contribution is -0.135. The number of carbonyl (C=O) groups is 1. The summed E-state index contributed by atoms with van der Waals surface area (Å²) >= 11 is 1.54. The van der Waals surface area contributed by atoms with E-state index >= 15 is 0 Å². The first kappa shape index (κ1) is 10.6. The quantitative estimate of drug-likeness (QED) is 0.421. The van der Waals surface area contributed by atoms with Crippen LogP contribution in [0.1, 0.15) is 12.5 Å². The van der Waals surface area contributed by atoms with Gasteiger partial charge in [-0.2, -0.15) is 11.3 Å². The van der Waals surface area contributed by atoms with E-state index in [1.54, 1.807) is 18.3 Å². The minimum atomic E-state index is -0.515. The van der Waals surface area contributed by atoms with E-state index in [0.29, 0.717) is 0 Å². The van der Waals surface area contributed by atoms with Gasteiger partial charge in [0.1, 0.15) is 6.61 Å². The fraction of sp³-hybridized carbons (Fsp3) is 0.182. The summed E-state index contributed by atoms with van der Waals surface area (Å²) in [5.41, 5.74) is 1.64. The fourth-order valence-electron chi connectivity index (χ4n) is 0.684. The molecule has 3 heteroatoms. The van der Waals surface area contributed by atoms with Crippen molar-refractivity contribution in [2.75, 3.05) is 6.61 Å². The number of thiophene rings is 1. The Morgan fingerprint density at radius 1 is 1.71 bits per heavy atom. The molecule has 0 saturated heterocycles. The predicted octanol–water partition coefficient (Wildman–Crippen LogP) is 2.22. The van der Waals surface area contributed by atoms with E-state index in [1.807, 2.05) is 16.8 Å². The van der Waals surface area contributed by atoms with Crippen molar-refractivity contribution in [1.29, 1.82) is 0 Å². The van der Waals surface area contributed by atoms with Gasteiger partial charge in [-0.05, 0) is 23.9 Å². The van der Waals surface area contributed by atoms with Gasteiger partial charge in [-0.15, -0.1) is 0 Å². The summed E-state index contributed by atoms with van der Waals surface area (Å²) in [6.07, 6.45) is 0.